The summed E-state index contributed by atoms with van der Waals surface area (Å²) in [5.41, 5.74) is 4.92. The number of hydrogen-bond donors (Lipinski definition) is 2. The summed E-state index contributed by atoms with van der Waals surface area (Å²) in [6, 6.07) is 7.82. The van der Waals surface area contributed by atoms with Crippen molar-refractivity contribution in [3.8, 4) is 11.3 Å². The van der Waals surface area contributed by atoms with Gasteiger partial charge in [-0.2, -0.15) is 0 Å². The lowest BCUT2D eigenvalue weighted by molar-refractivity contribution is 0.670. The van der Waals surface area contributed by atoms with Gasteiger partial charge in [0, 0.05) is 36.9 Å². The summed E-state index contributed by atoms with van der Waals surface area (Å²) in [5, 5.41) is 5.37. The topological polar surface area (TPSA) is 75.6 Å². The van der Waals surface area contributed by atoms with Crippen LogP contribution in [0.4, 0.5) is 0 Å². The van der Waals surface area contributed by atoms with Crippen LogP contribution in [0.3, 0.4) is 0 Å². The molecule has 0 aliphatic carbocycles. The van der Waals surface area contributed by atoms with Gasteiger partial charge in [0.2, 0.25) is 0 Å². The van der Waals surface area contributed by atoms with Gasteiger partial charge in [-0.25, -0.2) is 18.9 Å². The van der Waals surface area contributed by atoms with Crippen molar-refractivity contribution < 1.29 is 4.21 Å². The maximum Gasteiger partial charge on any atom is 0.162 e. The van der Waals surface area contributed by atoms with Crippen molar-refractivity contribution in [1.82, 2.24) is 24.5 Å². The summed E-state index contributed by atoms with van der Waals surface area (Å²) in [6.07, 6.45) is 5.59. The average Bonchev–Trinajstić information content (AvgIpc) is 3.26. The molecule has 0 amide bonds. The molecule has 0 spiro atoms. The minimum atomic E-state index is -1.22. The van der Waals surface area contributed by atoms with E-state index in [1.165, 1.54) is 5.56 Å². The van der Waals surface area contributed by atoms with E-state index in [1.54, 1.807) is 0 Å². The number of nitrogens with zero attached hydrogens (tertiary/aromatic N) is 3. The minimum Gasteiger partial charge on any atom is -0.305 e. The molecule has 0 aliphatic heterocycles. The molecule has 0 aliphatic rings. The van der Waals surface area contributed by atoms with E-state index in [4.69, 9.17) is 4.98 Å². The molecule has 0 fully saturated rings. The molecule has 3 aromatic heterocycles. The second kappa shape index (κ2) is 7.25. The third-order valence-electron chi connectivity index (χ3n) is 4.77. The predicted molar refractivity (Wildman–Crippen MR) is 110 cm³/mol. The van der Waals surface area contributed by atoms with Gasteiger partial charge in [0.15, 0.2) is 5.65 Å². The number of rotatable bonds is 6. The van der Waals surface area contributed by atoms with Gasteiger partial charge < -0.3 is 5.10 Å². The molecule has 3 heterocycles. The van der Waals surface area contributed by atoms with E-state index in [9.17, 15) is 4.21 Å². The van der Waals surface area contributed by atoms with E-state index in [0.717, 1.165) is 57.5 Å². The average molecular weight is 382 g/mol. The fraction of sp³-hybridized carbons (Fsp3) is 0.300. The normalized spacial score (nSPS) is 12.9. The van der Waals surface area contributed by atoms with Crippen molar-refractivity contribution >= 4 is 32.9 Å². The number of pyridine rings is 1. The second-order valence-electron chi connectivity index (χ2n) is 6.58. The van der Waals surface area contributed by atoms with Crippen LogP contribution >= 0.6 is 0 Å². The van der Waals surface area contributed by atoms with Crippen LogP contribution in [0, 0.1) is 0 Å². The first-order valence-electron chi connectivity index (χ1n) is 9.21. The molecule has 1 unspecified atom stereocenters. The molecule has 140 valence electrons. The van der Waals surface area contributed by atoms with Gasteiger partial charge in [-0.05, 0) is 30.5 Å². The van der Waals surface area contributed by atoms with Crippen LogP contribution in [0.25, 0.3) is 33.2 Å². The highest BCUT2D eigenvalue weighted by atomic mass is 32.2. The minimum absolute atomic E-state index is 0.724. The molecular weight excluding hydrogens is 358 g/mol. The lowest BCUT2D eigenvalue weighted by Crippen LogP contribution is -2.17. The molecule has 0 bridgehead atoms. The number of benzene rings is 1. The van der Waals surface area contributed by atoms with Crippen molar-refractivity contribution in [1.29, 1.82) is 0 Å². The lowest BCUT2D eigenvalue weighted by atomic mass is 10.0. The van der Waals surface area contributed by atoms with Gasteiger partial charge in [0.1, 0.15) is 11.0 Å². The molecule has 4 rings (SSSR count). The Hall–Kier alpha value is -2.51. The van der Waals surface area contributed by atoms with E-state index >= 15 is 0 Å². The predicted octanol–water partition coefficient (Wildman–Crippen LogP) is 3.70. The summed E-state index contributed by atoms with van der Waals surface area (Å²) in [4.78, 5) is 10.2. The second-order valence-corrected chi connectivity index (χ2v) is 7.87. The van der Waals surface area contributed by atoms with Crippen LogP contribution in [-0.4, -0.2) is 30.5 Å². The van der Waals surface area contributed by atoms with Gasteiger partial charge in [-0.15, -0.1) is 0 Å². The molecule has 7 heteroatoms. The summed E-state index contributed by atoms with van der Waals surface area (Å²) >= 11 is 0. The van der Waals surface area contributed by atoms with Gasteiger partial charge in [0.05, 0.1) is 21.5 Å². The summed E-state index contributed by atoms with van der Waals surface area (Å²) < 4.78 is 17.5. The first-order chi connectivity index (χ1) is 13.1. The fourth-order valence-electron chi connectivity index (χ4n) is 3.48. The molecule has 0 radical (unpaired) electrons. The Kier molecular flexibility index (Phi) is 4.80. The Morgan fingerprint density at radius 3 is 2.93 bits per heavy atom. The first kappa shape index (κ1) is 17.9. The van der Waals surface area contributed by atoms with E-state index in [1.807, 2.05) is 48.4 Å². The van der Waals surface area contributed by atoms with Crippen LogP contribution in [0.2, 0.25) is 0 Å². The van der Waals surface area contributed by atoms with E-state index < -0.39 is 11.0 Å². The van der Waals surface area contributed by atoms with Gasteiger partial charge in [-0.3, -0.25) is 4.68 Å². The van der Waals surface area contributed by atoms with Crippen LogP contribution in [0.1, 0.15) is 25.8 Å². The number of H-pyrrole nitrogens is 1. The lowest BCUT2D eigenvalue weighted by Gasteiger charge is -2.07. The number of fused-ring (bicyclic) bond motifs is 3. The zero-order chi connectivity index (χ0) is 19.0. The quantitative estimate of drug-likeness (QED) is 0.535. The Labute approximate surface area is 160 Å². The van der Waals surface area contributed by atoms with Gasteiger partial charge in [-0.1, -0.05) is 26.0 Å². The Morgan fingerprint density at radius 1 is 1.30 bits per heavy atom. The van der Waals surface area contributed by atoms with Crippen molar-refractivity contribution in [3.05, 3.63) is 42.2 Å². The zero-order valence-corrected chi connectivity index (χ0v) is 16.6. The maximum atomic E-state index is 12.5. The monoisotopic (exact) mass is 381 g/mol. The van der Waals surface area contributed by atoms with E-state index in [0.29, 0.717) is 0 Å². The molecular formula is C20H23N5OS. The summed E-state index contributed by atoms with van der Waals surface area (Å²) in [7, 11) is 0.781. The SMILES string of the molecule is CCCNS(=O)c1cccc(-c2nc3ncc4c[nH]n(C)c4c3c2CC)c1. The van der Waals surface area contributed by atoms with Crippen LogP contribution in [0.15, 0.2) is 41.6 Å². The van der Waals surface area contributed by atoms with Crippen LogP contribution in [0.5, 0.6) is 0 Å². The highest BCUT2D eigenvalue weighted by molar-refractivity contribution is 7.83. The first-order valence-corrected chi connectivity index (χ1v) is 10.4. The standard InChI is InChI=1S/C20H23N5OS/c1-4-9-23-27(26)15-8-6-7-13(10-15)18-16(5-2)17-19-14(12-22-25(19)3)11-21-20(17)24-18/h6-8,10-12,22-23H,4-5,9H2,1-3H3. The third kappa shape index (κ3) is 3.07. The molecule has 4 aromatic rings. The molecule has 2 N–H and O–H groups in total. The molecule has 27 heavy (non-hydrogen) atoms. The Balaban J connectivity index is 1.88. The number of aromatic nitrogens is 4. The molecule has 0 saturated carbocycles. The van der Waals surface area contributed by atoms with Crippen LogP contribution < -0.4 is 4.72 Å². The Morgan fingerprint density at radius 2 is 2.15 bits per heavy atom. The van der Waals surface area contributed by atoms with E-state index in [2.05, 4.69) is 28.7 Å². The van der Waals surface area contributed by atoms with Crippen molar-refractivity contribution in [3.63, 3.8) is 0 Å². The molecule has 1 atom stereocenters. The Bertz CT molecular complexity index is 1140. The smallest absolute Gasteiger partial charge is 0.162 e. The van der Waals surface area contributed by atoms with Crippen molar-refractivity contribution in [2.75, 3.05) is 6.54 Å². The van der Waals surface area contributed by atoms with Crippen LogP contribution in [-0.2, 0) is 24.5 Å². The maximum absolute atomic E-state index is 12.5. The molecule has 0 saturated heterocycles. The van der Waals surface area contributed by atoms with Gasteiger partial charge in [0.25, 0.3) is 0 Å². The fourth-order valence-corrected chi connectivity index (χ4v) is 4.47. The van der Waals surface area contributed by atoms with E-state index in [-0.39, 0.29) is 0 Å². The number of nitrogens with one attached hydrogen (secondary N) is 2. The molecule has 1 aromatic carbocycles. The number of aryl methyl sites for hydroxylation is 2. The highest BCUT2D eigenvalue weighted by Crippen LogP contribution is 2.34. The summed E-state index contributed by atoms with van der Waals surface area (Å²) in [5.74, 6) is 0. The number of hydrogen-bond acceptors (Lipinski definition) is 3. The third-order valence-corrected chi connectivity index (χ3v) is 5.92. The van der Waals surface area contributed by atoms with Crippen molar-refractivity contribution in [2.24, 2.45) is 7.05 Å². The number of aromatic amines is 1. The highest BCUT2D eigenvalue weighted by Gasteiger charge is 2.19. The zero-order valence-electron chi connectivity index (χ0n) is 15.7. The van der Waals surface area contributed by atoms with Crippen molar-refractivity contribution in [2.45, 2.75) is 31.6 Å². The summed E-state index contributed by atoms with van der Waals surface area (Å²) in [6.45, 7) is 4.92. The molecule has 6 nitrogen and oxygen atoms in total. The largest absolute Gasteiger partial charge is 0.305 e. The van der Waals surface area contributed by atoms with Gasteiger partial charge >= 0.3 is 0 Å².